The van der Waals surface area contributed by atoms with Crippen molar-refractivity contribution in [3.63, 3.8) is 0 Å². The lowest BCUT2D eigenvalue weighted by Gasteiger charge is -2.36. The summed E-state index contributed by atoms with van der Waals surface area (Å²) in [7, 11) is 0. The summed E-state index contributed by atoms with van der Waals surface area (Å²) in [4.78, 5) is 14.9. The van der Waals surface area contributed by atoms with Crippen LogP contribution in [0.2, 0.25) is 0 Å². The zero-order valence-electron chi connectivity index (χ0n) is 12.2. The Kier molecular flexibility index (Phi) is 3.30. The molecule has 3 rings (SSSR count). The Bertz CT molecular complexity index is 543. The van der Waals surface area contributed by atoms with E-state index in [0.717, 1.165) is 25.1 Å². The fourth-order valence-electron chi connectivity index (χ4n) is 3.15. The molecule has 0 radical (unpaired) electrons. The molecule has 2 unspecified atom stereocenters. The minimum Gasteiger partial charge on any atom is -0.379 e. The van der Waals surface area contributed by atoms with Gasteiger partial charge in [-0.25, -0.2) is 0 Å². The molecule has 1 aromatic carbocycles. The van der Waals surface area contributed by atoms with Gasteiger partial charge in [0, 0.05) is 18.3 Å². The standard InChI is InChI=1S/C16H22N2O2/c1-11-5-6-13-12(8-11)4-3-7-18(13)15(19)16(2)10-20-9-14(16)17/h5-6,8,14H,3-4,7,9-10,17H2,1-2H3. The topological polar surface area (TPSA) is 55.6 Å². The Balaban J connectivity index is 1.94. The molecule has 0 saturated carbocycles. The zero-order chi connectivity index (χ0) is 14.3. The molecule has 2 aliphatic heterocycles. The molecule has 2 aliphatic rings. The van der Waals surface area contributed by atoms with Crippen LogP contribution in [-0.4, -0.2) is 31.7 Å². The molecule has 4 nitrogen and oxygen atoms in total. The van der Waals surface area contributed by atoms with Crippen molar-refractivity contribution in [3.8, 4) is 0 Å². The largest absolute Gasteiger partial charge is 0.379 e. The first-order valence-corrected chi connectivity index (χ1v) is 7.27. The van der Waals surface area contributed by atoms with Gasteiger partial charge in [0.15, 0.2) is 0 Å². The maximum atomic E-state index is 12.9. The first kappa shape index (κ1) is 13.6. The van der Waals surface area contributed by atoms with Gasteiger partial charge in [-0.3, -0.25) is 4.79 Å². The van der Waals surface area contributed by atoms with E-state index in [0.29, 0.717) is 13.2 Å². The van der Waals surface area contributed by atoms with Crippen LogP contribution >= 0.6 is 0 Å². The highest BCUT2D eigenvalue weighted by Gasteiger charge is 2.47. The van der Waals surface area contributed by atoms with Gasteiger partial charge in [0.25, 0.3) is 0 Å². The van der Waals surface area contributed by atoms with Gasteiger partial charge in [0.05, 0.1) is 18.6 Å². The Morgan fingerprint density at radius 2 is 2.30 bits per heavy atom. The Morgan fingerprint density at radius 1 is 1.50 bits per heavy atom. The van der Waals surface area contributed by atoms with Crippen molar-refractivity contribution in [2.45, 2.75) is 32.7 Å². The van der Waals surface area contributed by atoms with Gasteiger partial charge in [-0.1, -0.05) is 17.7 Å². The van der Waals surface area contributed by atoms with Gasteiger partial charge in [0.1, 0.15) is 0 Å². The third-order valence-corrected chi connectivity index (χ3v) is 4.61. The average molecular weight is 274 g/mol. The number of rotatable bonds is 1. The fourth-order valence-corrected chi connectivity index (χ4v) is 3.15. The van der Waals surface area contributed by atoms with Crippen molar-refractivity contribution < 1.29 is 9.53 Å². The van der Waals surface area contributed by atoms with E-state index in [1.54, 1.807) is 0 Å². The quantitative estimate of drug-likeness (QED) is 0.847. The molecular formula is C16H22N2O2. The van der Waals surface area contributed by atoms with Gasteiger partial charge < -0.3 is 15.4 Å². The van der Waals surface area contributed by atoms with Crippen LogP contribution < -0.4 is 10.6 Å². The number of ether oxygens (including phenoxy) is 1. The summed E-state index contributed by atoms with van der Waals surface area (Å²) in [6, 6.07) is 6.10. The van der Waals surface area contributed by atoms with Gasteiger partial charge in [-0.2, -0.15) is 0 Å². The van der Waals surface area contributed by atoms with Crippen LogP contribution in [0.3, 0.4) is 0 Å². The molecule has 1 amide bonds. The predicted molar refractivity (Wildman–Crippen MR) is 78.8 cm³/mol. The zero-order valence-corrected chi connectivity index (χ0v) is 12.2. The fraction of sp³-hybridized carbons (Fsp3) is 0.562. The molecule has 0 aliphatic carbocycles. The highest BCUT2D eigenvalue weighted by atomic mass is 16.5. The third kappa shape index (κ3) is 2.03. The smallest absolute Gasteiger partial charge is 0.236 e. The summed E-state index contributed by atoms with van der Waals surface area (Å²) >= 11 is 0. The van der Waals surface area contributed by atoms with Crippen molar-refractivity contribution >= 4 is 11.6 Å². The number of hydrogen-bond donors (Lipinski definition) is 1. The minimum absolute atomic E-state index is 0.104. The van der Waals surface area contributed by atoms with Crippen LogP contribution in [-0.2, 0) is 16.0 Å². The second kappa shape index (κ2) is 4.86. The van der Waals surface area contributed by atoms with Crippen molar-refractivity contribution in [1.82, 2.24) is 0 Å². The van der Waals surface area contributed by atoms with E-state index in [-0.39, 0.29) is 11.9 Å². The number of carbonyl (C=O) groups excluding carboxylic acids is 1. The van der Waals surface area contributed by atoms with Gasteiger partial charge in [-0.15, -0.1) is 0 Å². The molecule has 108 valence electrons. The van der Waals surface area contributed by atoms with Crippen LogP contribution in [0.4, 0.5) is 5.69 Å². The lowest BCUT2D eigenvalue weighted by atomic mass is 9.83. The highest BCUT2D eigenvalue weighted by molar-refractivity contribution is 5.99. The van der Waals surface area contributed by atoms with E-state index < -0.39 is 5.41 Å². The summed E-state index contributed by atoms with van der Waals surface area (Å²) in [5.41, 5.74) is 9.05. The van der Waals surface area contributed by atoms with Crippen molar-refractivity contribution in [1.29, 1.82) is 0 Å². The van der Waals surface area contributed by atoms with E-state index in [2.05, 4.69) is 25.1 Å². The Hall–Kier alpha value is -1.39. The number of hydrogen-bond acceptors (Lipinski definition) is 3. The Labute approximate surface area is 119 Å². The number of anilines is 1. The highest BCUT2D eigenvalue weighted by Crippen LogP contribution is 2.35. The molecule has 1 aromatic rings. The lowest BCUT2D eigenvalue weighted by molar-refractivity contribution is -0.128. The van der Waals surface area contributed by atoms with Crippen LogP contribution in [0.15, 0.2) is 18.2 Å². The van der Waals surface area contributed by atoms with Crippen LogP contribution in [0.5, 0.6) is 0 Å². The summed E-state index contributed by atoms with van der Waals surface area (Å²) in [6.07, 6.45) is 2.05. The predicted octanol–water partition coefficient (Wildman–Crippen LogP) is 1.64. The number of nitrogens with zero attached hydrogens (tertiary/aromatic N) is 1. The molecule has 2 heterocycles. The van der Waals surface area contributed by atoms with E-state index in [9.17, 15) is 4.79 Å². The normalized spacial score (nSPS) is 29.4. The second-order valence-corrected chi connectivity index (χ2v) is 6.23. The summed E-state index contributed by atoms with van der Waals surface area (Å²) in [6.45, 7) is 5.68. The van der Waals surface area contributed by atoms with Crippen molar-refractivity contribution in [2.24, 2.45) is 11.1 Å². The van der Waals surface area contributed by atoms with E-state index in [1.807, 2.05) is 11.8 Å². The first-order chi connectivity index (χ1) is 9.52. The minimum atomic E-state index is -0.598. The summed E-state index contributed by atoms with van der Waals surface area (Å²) < 4.78 is 5.42. The number of amides is 1. The molecule has 2 N–H and O–H groups in total. The SMILES string of the molecule is Cc1ccc2c(c1)CCCN2C(=O)C1(C)COCC1N. The van der Waals surface area contributed by atoms with Gasteiger partial charge in [-0.05, 0) is 38.3 Å². The summed E-state index contributed by atoms with van der Waals surface area (Å²) in [5, 5.41) is 0. The maximum Gasteiger partial charge on any atom is 0.236 e. The molecule has 0 aromatic heterocycles. The van der Waals surface area contributed by atoms with Gasteiger partial charge >= 0.3 is 0 Å². The van der Waals surface area contributed by atoms with Crippen molar-refractivity contribution in [2.75, 3.05) is 24.7 Å². The molecule has 2 atom stereocenters. The molecule has 0 spiro atoms. The van der Waals surface area contributed by atoms with E-state index >= 15 is 0 Å². The number of carbonyl (C=O) groups is 1. The molecule has 4 heteroatoms. The molecule has 1 fully saturated rings. The molecular weight excluding hydrogens is 252 g/mol. The van der Waals surface area contributed by atoms with Crippen LogP contribution in [0.1, 0.15) is 24.5 Å². The number of benzene rings is 1. The Morgan fingerprint density at radius 3 is 3.00 bits per heavy atom. The van der Waals surface area contributed by atoms with Crippen LogP contribution in [0.25, 0.3) is 0 Å². The summed E-state index contributed by atoms with van der Waals surface area (Å²) in [5.74, 6) is 0.104. The second-order valence-electron chi connectivity index (χ2n) is 6.23. The van der Waals surface area contributed by atoms with Crippen molar-refractivity contribution in [3.05, 3.63) is 29.3 Å². The number of nitrogens with two attached hydrogens (primary N) is 1. The maximum absolute atomic E-state index is 12.9. The molecule has 0 bridgehead atoms. The number of fused-ring (bicyclic) bond motifs is 1. The third-order valence-electron chi connectivity index (χ3n) is 4.61. The van der Waals surface area contributed by atoms with E-state index in [4.69, 9.17) is 10.5 Å². The first-order valence-electron chi connectivity index (χ1n) is 7.27. The van der Waals surface area contributed by atoms with Crippen LogP contribution in [0, 0.1) is 12.3 Å². The molecule has 20 heavy (non-hydrogen) atoms. The van der Waals surface area contributed by atoms with Gasteiger partial charge in [0.2, 0.25) is 5.91 Å². The average Bonchev–Trinajstić information content (AvgIpc) is 2.78. The molecule has 1 saturated heterocycles. The van der Waals surface area contributed by atoms with E-state index in [1.165, 1.54) is 11.1 Å². The monoisotopic (exact) mass is 274 g/mol. The number of aryl methyl sites for hydroxylation is 2. The lowest BCUT2D eigenvalue weighted by Crippen LogP contribution is -2.52.